The summed E-state index contributed by atoms with van der Waals surface area (Å²) >= 11 is 0. The molecule has 0 radical (unpaired) electrons. The molecule has 2 aliphatic rings. The predicted octanol–water partition coefficient (Wildman–Crippen LogP) is -0.663. The van der Waals surface area contributed by atoms with Crippen LogP contribution in [0.2, 0.25) is 0 Å². The third-order valence-electron chi connectivity index (χ3n) is 4.40. The molecule has 0 saturated heterocycles. The highest BCUT2D eigenvalue weighted by atomic mass is 16.1. The highest BCUT2D eigenvalue weighted by molar-refractivity contribution is 5.86. The molecule has 1 unspecified atom stereocenters. The fourth-order valence-electron chi connectivity index (χ4n) is 3.19. The normalized spacial score (nSPS) is 22.2. The lowest BCUT2D eigenvalue weighted by atomic mass is 9.91. The molecule has 7 heteroatoms. The van der Waals surface area contributed by atoms with E-state index in [4.69, 9.17) is 5.73 Å². The first-order valence-corrected chi connectivity index (χ1v) is 7.29. The van der Waals surface area contributed by atoms with Crippen molar-refractivity contribution in [1.29, 1.82) is 0 Å². The number of nitrogens with one attached hydrogen (secondary N) is 1. The molecular formula is C13H22N6O. The second-order valence-electron chi connectivity index (χ2n) is 5.79. The summed E-state index contributed by atoms with van der Waals surface area (Å²) in [7, 11) is 0. The van der Waals surface area contributed by atoms with E-state index in [1.165, 1.54) is 0 Å². The minimum atomic E-state index is -0.586. The van der Waals surface area contributed by atoms with E-state index in [1.54, 1.807) is 6.33 Å². The molecule has 2 heterocycles. The topological polar surface area (TPSA) is 89.1 Å². The number of likely N-dealkylation sites (N-methyl/N-ethyl adjacent to an activating group) is 1. The van der Waals surface area contributed by atoms with Gasteiger partial charge < -0.3 is 15.6 Å². The molecule has 1 atom stereocenters. The Morgan fingerprint density at radius 2 is 2.35 bits per heavy atom. The standard InChI is InChI=1S/C13H22N6O/c1-2-15-13(12(14)20,10-3-4-10)8-18-5-6-19-9-16-17-11(19)7-18/h9-10,15H,2-8H2,1H3,(H2,14,20). The number of hydrogen-bond acceptors (Lipinski definition) is 5. The lowest BCUT2D eigenvalue weighted by Gasteiger charge is -2.38. The van der Waals surface area contributed by atoms with Crippen molar-refractivity contribution < 1.29 is 4.79 Å². The van der Waals surface area contributed by atoms with Gasteiger partial charge >= 0.3 is 0 Å². The number of nitrogens with zero attached hydrogens (tertiary/aromatic N) is 4. The minimum Gasteiger partial charge on any atom is -0.368 e. The van der Waals surface area contributed by atoms with Gasteiger partial charge in [-0.1, -0.05) is 6.92 Å². The number of hydrogen-bond donors (Lipinski definition) is 2. The quantitative estimate of drug-likeness (QED) is 0.721. The van der Waals surface area contributed by atoms with Gasteiger partial charge in [0, 0.05) is 19.6 Å². The molecule has 7 nitrogen and oxygen atoms in total. The van der Waals surface area contributed by atoms with Gasteiger partial charge in [0.05, 0.1) is 6.54 Å². The van der Waals surface area contributed by atoms with E-state index in [2.05, 4.69) is 25.0 Å². The van der Waals surface area contributed by atoms with E-state index in [1.807, 2.05) is 6.92 Å². The van der Waals surface area contributed by atoms with Crippen molar-refractivity contribution in [2.75, 3.05) is 19.6 Å². The average Bonchev–Trinajstić information content (AvgIpc) is 3.17. The third-order valence-corrected chi connectivity index (χ3v) is 4.40. The maximum absolute atomic E-state index is 12.1. The monoisotopic (exact) mass is 278 g/mol. The number of fused-ring (bicyclic) bond motifs is 1. The van der Waals surface area contributed by atoms with Gasteiger partial charge in [0.25, 0.3) is 0 Å². The Morgan fingerprint density at radius 1 is 1.55 bits per heavy atom. The highest BCUT2D eigenvalue weighted by Gasteiger charge is 2.50. The maximum atomic E-state index is 12.1. The Morgan fingerprint density at radius 3 is 3.00 bits per heavy atom. The predicted molar refractivity (Wildman–Crippen MR) is 73.6 cm³/mol. The number of rotatable bonds is 6. The van der Waals surface area contributed by atoms with E-state index in [9.17, 15) is 4.79 Å². The van der Waals surface area contributed by atoms with Crippen LogP contribution in [0.4, 0.5) is 0 Å². The number of carbonyl (C=O) groups excluding carboxylic acids is 1. The zero-order valence-corrected chi connectivity index (χ0v) is 11.9. The molecule has 0 spiro atoms. The fourth-order valence-corrected chi connectivity index (χ4v) is 3.19. The van der Waals surface area contributed by atoms with Gasteiger partial charge in [0.15, 0.2) is 0 Å². The molecule has 0 aromatic carbocycles. The first kappa shape index (κ1) is 13.5. The second kappa shape index (κ2) is 5.14. The largest absolute Gasteiger partial charge is 0.368 e. The van der Waals surface area contributed by atoms with E-state index in [-0.39, 0.29) is 5.91 Å². The van der Waals surface area contributed by atoms with Crippen molar-refractivity contribution in [1.82, 2.24) is 25.0 Å². The zero-order chi connectivity index (χ0) is 14.2. The molecule has 1 saturated carbocycles. The molecular weight excluding hydrogens is 256 g/mol. The molecule has 1 amide bonds. The van der Waals surface area contributed by atoms with Gasteiger partial charge in [0.1, 0.15) is 17.7 Å². The summed E-state index contributed by atoms with van der Waals surface area (Å²) < 4.78 is 2.06. The molecule has 0 bridgehead atoms. The summed E-state index contributed by atoms with van der Waals surface area (Å²) in [5.74, 6) is 1.11. The van der Waals surface area contributed by atoms with Crippen LogP contribution in [-0.2, 0) is 17.9 Å². The van der Waals surface area contributed by atoms with Crippen molar-refractivity contribution in [3.05, 3.63) is 12.2 Å². The van der Waals surface area contributed by atoms with Crippen molar-refractivity contribution in [3.8, 4) is 0 Å². The average molecular weight is 278 g/mol. The van der Waals surface area contributed by atoms with Crippen LogP contribution in [0.5, 0.6) is 0 Å². The molecule has 1 aromatic rings. The van der Waals surface area contributed by atoms with Gasteiger partial charge in [-0.05, 0) is 25.3 Å². The van der Waals surface area contributed by atoms with Crippen molar-refractivity contribution in [2.45, 2.75) is 38.4 Å². The molecule has 3 rings (SSSR count). The van der Waals surface area contributed by atoms with Crippen molar-refractivity contribution in [3.63, 3.8) is 0 Å². The molecule has 1 aromatic heterocycles. The first-order chi connectivity index (χ1) is 9.65. The van der Waals surface area contributed by atoms with Crippen LogP contribution in [-0.4, -0.2) is 50.7 Å². The van der Waals surface area contributed by atoms with Gasteiger partial charge in [-0.3, -0.25) is 9.69 Å². The van der Waals surface area contributed by atoms with Crippen LogP contribution < -0.4 is 11.1 Å². The second-order valence-corrected chi connectivity index (χ2v) is 5.79. The lowest BCUT2D eigenvalue weighted by Crippen LogP contribution is -2.63. The maximum Gasteiger partial charge on any atom is 0.239 e. The van der Waals surface area contributed by atoms with Gasteiger partial charge in [0.2, 0.25) is 5.91 Å². The van der Waals surface area contributed by atoms with Crippen LogP contribution >= 0.6 is 0 Å². The van der Waals surface area contributed by atoms with E-state index < -0.39 is 5.54 Å². The van der Waals surface area contributed by atoms with Crippen molar-refractivity contribution in [2.24, 2.45) is 11.7 Å². The third kappa shape index (κ3) is 2.31. The summed E-state index contributed by atoms with van der Waals surface area (Å²) in [4.78, 5) is 14.3. The number of nitrogens with two attached hydrogens (primary N) is 1. The van der Waals surface area contributed by atoms with Crippen LogP contribution in [0, 0.1) is 5.92 Å². The van der Waals surface area contributed by atoms with Crippen LogP contribution in [0.25, 0.3) is 0 Å². The Labute approximate surface area is 118 Å². The van der Waals surface area contributed by atoms with Crippen LogP contribution in [0.1, 0.15) is 25.6 Å². The van der Waals surface area contributed by atoms with Crippen LogP contribution in [0.3, 0.4) is 0 Å². The number of primary amides is 1. The minimum absolute atomic E-state index is 0.228. The molecule has 1 fully saturated rings. The lowest BCUT2D eigenvalue weighted by molar-refractivity contribution is -0.126. The smallest absolute Gasteiger partial charge is 0.239 e. The number of aromatic nitrogens is 3. The van der Waals surface area contributed by atoms with Crippen molar-refractivity contribution >= 4 is 5.91 Å². The first-order valence-electron chi connectivity index (χ1n) is 7.29. The van der Waals surface area contributed by atoms with E-state index in [0.717, 1.165) is 44.8 Å². The Kier molecular flexibility index (Phi) is 3.47. The SMILES string of the molecule is CCNC(CN1CCn2cnnc2C1)(C(N)=O)C1CC1. The molecule has 1 aliphatic heterocycles. The Bertz CT molecular complexity index is 497. The van der Waals surface area contributed by atoms with Crippen LogP contribution in [0.15, 0.2) is 6.33 Å². The molecule has 1 aliphatic carbocycles. The summed E-state index contributed by atoms with van der Waals surface area (Å²) in [6.07, 6.45) is 3.93. The fraction of sp³-hybridized carbons (Fsp3) is 0.769. The Hall–Kier alpha value is -1.47. The van der Waals surface area contributed by atoms with Gasteiger partial charge in [-0.2, -0.15) is 0 Å². The van der Waals surface area contributed by atoms with E-state index in [0.29, 0.717) is 12.5 Å². The summed E-state index contributed by atoms with van der Waals surface area (Å²) in [6, 6.07) is 0. The summed E-state index contributed by atoms with van der Waals surface area (Å²) in [5.41, 5.74) is 5.14. The highest BCUT2D eigenvalue weighted by Crippen LogP contribution is 2.40. The number of amides is 1. The molecule has 110 valence electrons. The van der Waals surface area contributed by atoms with Gasteiger partial charge in [-0.25, -0.2) is 0 Å². The van der Waals surface area contributed by atoms with E-state index >= 15 is 0 Å². The number of carbonyl (C=O) groups is 1. The summed E-state index contributed by atoms with van der Waals surface area (Å²) in [6.45, 7) is 5.93. The summed E-state index contributed by atoms with van der Waals surface area (Å²) in [5, 5.41) is 11.4. The van der Waals surface area contributed by atoms with Gasteiger partial charge in [-0.15, -0.1) is 10.2 Å². The zero-order valence-electron chi connectivity index (χ0n) is 11.9. The molecule has 20 heavy (non-hydrogen) atoms. The molecule has 3 N–H and O–H groups in total. The Balaban J connectivity index is 1.75.